The van der Waals surface area contributed by atoms with Crippen molar-refractivity contribution in [2.45, 2.75) is 13.8 Å². The van der Waals surface area contributed by atoms with Gasteiger partial charge in [-0.3, -0.25) is 9.10 Å². The number of sulfonamides is 1. The number of nitrogens with one attached hydrogen (secondary N) is 1. The van der Waals surface area contributed by atoms with E-state index in [0.29, 0.717) is 5.69 Å². The van der Waals surface area contributed by atoms with Crippen LogP contribution < -0.4 is 9.62 Å². The predicted molar refractivity (Wildman–Crippen MR) is 76.4 cm³/mol. The van der Waals surface area contributed by atoms with Crippen molar-refractivity contribution in [2.75, 3.05) is 23.7 Å². The summed E-state index contributed by atoms with van der Waals surface area (Å²) in [7, 11) is -3.49. The molecule has 1 aromatic rings. The Labute approximate surface area is 118 Å². The van der Waals surface area contributed by atoms with Gasteiger partial charge in [0.2, 0.25) is 15.9 Å². The first-order valence-electron chi connectivity index (χ1n) is 6.23. The number of rotatable bonds is 6. The van der Waals surface area contributed by atoms with E-state index in [2.05, 4.69) is 5.32 Å². The zero-order valence-corrected chi connectivity index (χ0v) is 12.6. The highest BCUT2D eigenvalue weighted by Gasteiger charge is 2.17. The first-order valence-corrected chi connectivity index (χ1v) is 8.07. The van der Waals surface area contributed by atoms with Crippen molar-refractivity contribution < 1.29 is 17.6 Å². The van der Waals surface area contributed by atoms with Crippen LogP contribution in [0.25, 0.3) is 0 Å². The second-order valence-electron chi connectivity index (χ2n) is 4.76. The average molecular weight is 302 g/mol. The van der Waals surface area contributed by atoms with Crippen LogP contribution in [0.5, 0.6) is 0 Å². The lowest BCUT2D eigenvalue weighted by atomic mass is 10.2. The SMILES string of the molecule is CC(C)C(=O)NCCN(c1ccc(F)cc1)S(C)(=O)=O. The highest BCUT2D eigenvalue weighted by atomic mass is 32.2. The maximum Gasteiger partial charge on any atom is 0.232 e. The number of anilines is 1. The van der Waals surface area contributed by atoms with Crippen LogP contribution in [0.2, 0.25) is 0 Å². The summed E-state index contributed by atoms with van der Waals surface area (Å²) in [5.41, 5.74) is 0.368. The third kappa shape index (κ3) is 4.80. The highest BCUT2D eigenvalue weighted by Crippen LogP contribution is 2.17. The monoisotopic (exact) mass is 302 g/mol. The third-order valence-corrected chi connectivity index (χ3v) is 3.85. The Bertz CT molecular complexity index is 555. The van der Waals surface area contributed by atoms with E-state index in [4.69, 9.17) is 0 Å². The average Bonchev–Trinajstić information content (AvgIpc) is 2.34. The van der Waals surface area contributed by atoms with E-state index in [0.717, 1.165) is 10.6 Å². The summed E-state index contributed by atoms with van der Waals surface area (Å²) in [6, 6.07) is 5.17. The number of hydrogen-bond acceptors (Lipinski definition) is 3. The van der Waals surface area contributed by atoms with Gasteiger partial charge in [0.1, 0.15) is 5.82 Å². The van der Waals surface area contributed by atoms with Crippen LogP contribution in [0.3, 0.4) is 0 Å². The van der Waals surface area contributed by atoms with Gasteiger partial charge in [-0.25, -0.2) is 12.8 Å². The predicted octanol–water partition coefficient (Wildman–Crippen LogP) is 1.36. The second kappa shape index (κ2) is 6.69. The molecule has 1 aromatic carbocycles. The number of benzene rings is 1. The number of hydrogen-bond donors (Lipinski definition) is 1. The molecule has 0 unspecified atom stereocenters. The van der Waals surface area contributed by atoms with Crippen molar-refractivity contribution in [1.29, 1.82) is 0 Å². The number of amides is 1. The number of halogens is 1. The summed E-state index contributed by atoms with van der Waals surface area (Å²) in [6.45, 7) is 3.80. The summed E-state index contributed by atoms with van der Waals surface area (Å²) in [6.07, 6.45) is 1.07. The Morgan fingerprint density at radius 3 is 2.30 bits per heavy atom. The maximum absolute atomic E-state index is 12.9. The van der Waals surface area contributed by atoms with Crippen LogP contribution >= 0.6 is 0 Å². The molecule has 0 aliphatic rings. The van der Waals surface area contributed by atoms with Gasteiger partial charge in [0, 0.05) is 12.5 Å². The summed E-state index contributed by atoms with van der Waals surface area (Å²) in [5, 5.41) is 2.65. The van der Waals surface area contributed by atoms with Gasteiger partial charge in [-0.2, -0.15) is 0 Å². The molecule has 0 bridgehead atoms. The zero-order chi connectivity index (χ0) is 15.3. The van der Waals surface area contributed by atoms with E-state index in [1.807, 2.05) is 0 Å². The second-order valence-corrected chi connectivity index (χ2v) is 6.66. The van der Waals surface area contributed by atoms with Crippen LogP contribution in [-0.2, 0) is 14.8 Å². The van der Waals surface area contributed by atoms with E-state index in [1.165, 1.54) is 24.3 Å². The van der Waals surface area contributed by atoms with Gasteiger partial charge in [-0.05, 0) is 24.3 Å². The van der Waals surface area contributed by atoms with Crippen LogP contribution in [0.1, 0.15) is 13.8 Å². The maximum atomic E-state index is 12.9. The van der Waals surface area contributed by atoms with Crippen LogP contribution in [0, 0.1) is 11.7 Å². The highest BCUT2D eigenvalue weighted by molar-refractivity contribution is 7.92. The molecule has 0 spiro atoms. The fraction of sp³-hybridized carbons (Fsp3) is 0.462. The molecule has 0 atom stereocenters. The third-order valence-electron chi connectivity index (χ3n) is 2.65. The fourth-order valence-electron chi connectivity index (χ4n) is 1.58. The first-order chi connectivity index (χ1) is 9.21. The molecule has 1 amide bonds. The molecule has 20 heavy (non-hydrogen) atoms. The van der Waals surface area contributed by atoms with Crippen LogP contribution in [-0.4, -0.2) is 33.7 Å². The molecule has 1 rings (SSSR count). The summed E-state index contributed by atoms with van der Waals surface area (Å²) >= 11 is 0. The molecule has 0 heterocycles. The van der Waals surface area contributed by atoms with Crippen molar-refractivity contribution >= 4 is 21.6 Å². The molecular formula is C13H19FN2O3S. The Kier molecular flexibility index (Phi) is 5.50. The topological polar surface area (TPSA) is 66.5 Å². The van der Waals surface area contributed by atoms with Gasteiger partial charge < -0.3 is 5.32 Å². The first kappa shape index (κ1) is 16.4. The zero-order valence-electron chi connectivity index (χ0n) is 11.8. The number of nitrogens with zero attached hydrogens (tertiary/aromatic N) is 1. The molecular weight excluding hydrogens is 283 g/mol. The molecule has 0 saturated heterocycles. The van der Waals surface area contributed by atoms with Crippen LogP contribution in [0.15, 0.2) is 24.3 Å². The molecule has 5 nitrogen and oxygen atoms in total. The molecule has 0 aliphatic heterocycles. The van der Waals surface area contributed by atoms with Gasteiger partial charge in [-0.1, -0.05) is 13.8 Å². The van der Waals surface area contributed by atoms with Crippen LogP contribution in [0.4, 0.5) is 10.1 Å². The molecule has 0 aromatic heterocycles. The Morgan fingerprint density at radius 1 is 1.30 bits per heavy atom. The molecule has 1 N–H and O–H groups in total. The lowest BCUT2D eigenvalue weighted by Gasteiger charge is -2.22. The van der Waals surface area contributed by atoms with Crippen molar-refractivity contribution in [3.63, 3.8) is 0 Å². The van der Waals surface area contributed by atoms with Crippen molar-refractivity contribution in [3.8, 4) is 0 Å². The summed E-state index contributed by atoms with van der Waals surface area (Å²) < 4.78 is 37.5. The lowest BCUT2D eigenvalue weighted by Crippen LogP contribution is -2.39. The van der Waals surface area contributed by atoms with E-state index in [9.17, 15) is 17.6 Å². The molecule has 7 heteroatoms. The minimum Gasteiger partial charge on any atom is -0.354 e. The Balaban J connectivity index is 2.77. The van der Waals surface area contributed by atoms with E-state index < -0.39 is 15.8 Å². The van der Waals surface area contributed by atoms with Crippen molar-refractivity contribution in [3.05, 3.63) is 30.1 Å². The van der Waals surface area contributed by atoms with E-state index >= 15 is 0 Å². The number of carbonyl (C=O) groups excluding carboxylic acids is 1. The Morgan fingerprint density at radius 2 is 1.85 bits per heavy atom. The largest absolute Gasteiger partial charge is 0.354 e. The lowest BCUT2D eigenvalue weighted by molar-refractivity contribution is -0.123. The van der Waals surface area contributed by atoms with Gasteiger partial charge in [0.05, 0.1) is 18.5 Å². The van der Waals surface area contributed by atoms with Gasteiger partial charge in [-0.15, -0.1) is 0 Å². The summed E-state index contributed by atoms with van der Waals surface area (Å²) in [5.74, 6) is -0.736. The normalized spacial score (nSPS) is 11.4. The Hall–Kier alpha value is -1.63. The fourth-order valence-corrected chi connectivity index (χ4v) is 2.51. The van der Waals surface area contributed by atoms with E-state index in [1.54, 1.807) is 13.8 Å². The molecule has 112 valence electrons. The quantitative estimate of drug-likeness (QED) is 0.863. The molecule has 0 saturated carbocycles. The van der Waals surface area contributed by atoms with Gasteiger partial charge >= 0.3 is 0 Å². The van der Waals surface area contributed by atoms with E-state index in [-0.39, 0.29) is 24.9 Å². The standard InChI is InChI=1S/C13H19FN2O3S/c1-10(2)13(17)15-8-9-16(20(3,18)19)12-6-4-11(14)5-7-12/h4-7,10H,8-9H2,1-3H3,(H,15,17). The smallest absolute Gasteiger partial charge is 0.232 e. The van der Waals surface area contributed by atoms with Gasteiger partial charge in [0.25, 0.3) is 0 Å². The van der Waals surface area contributed by atoms with Crippen molar-refractivity contribution in [2.24, 2.45) is 5.92 Å². The van der Waals surface area contributed by atoms with Crippen molar-refractivity contribution in [1.82, 2.24) is 5.32 Å². The molecule has 0 fully saturated rings. The number of carbonyl (C=O) groups is 1. The molecule has 0 radical (unpaired) electrons. The van der Waals surface area contributed by atoms with Gasteiger partial charge in [0.15, 0.2) is 0 Å². The molecule has 0 aliphatic carbocycles. The minimum atomic E-state index is -3.49. The summed E-state index contributed by atoms with van der Waals surface area (Å²) in [4.78, 5) is 11.4. The minimum absolute atomic E-state index is 0.100.